The van der Waals surface area contributed by atoms with Crippen molar-refractivity contribution in [2.45, 2.75) is 50.8 Å². The predicted molar refractivity (Wildman–Crippen MR) is 98.8 cm³/mol. The molecule has 26 heavy (non-hydrogen) atoms. The number of morpholine rings is 1. The fourth-order valence-electron chi connectivity index (χ4n) is 3.84. The van der Waals surface area contributed by atoms with Crippen LogP contribution in [0.1, 0.15) is 39.3 Å². The molecule has 0 radical (unpaired) electrons. The summed E-state index contributed by atoms with van der Waals surface area (Å²) < 4.78 is 5.99. The topological polar surface area (TPSA) is 102 Å². The summed E-state index contributed by atoms with van der Waals surface area (Å²) in [4.78, 5) is 20.3. The molecule has 1 atom stereocenters. The summed E-state index contributed by atoms with van der Waals surface area (Å²) in [5.74, 6) is 1.86. The van der Waals surface area contributed by atoms with Crippen LogP contribution in [0.5, 0.6) is 0 Å². The number of nitrogen functional groups attached to an aromatic ring is 1. The van der Waals surface area contributed by atoms with Gasteiger partial charge in [-0.3, -0.25) is 0 Å². The number of aromatic nitrogens is 4. The van der Waals surface area contributed by atoms with E-state index in [1.165, 1.54) is 0 Å². The smallest absolute Gasteiger partial charge is 0.219 e. The van der Waals surface area contributed by atoms with Crippen LogP contribution in [0, 0.1) is 0 Å². The minimum Gasteiger partial charge on any atom is -0.370 e. The fourth-order valence-corrected chi connectivity index (χ4v) is 3.84. The number of hydrogen-bond donors (Lipinski definition) is 2. The van der Waals surface area contributed by atoms with Crippen LogP contribution in [0.2, 0.25) is 0 Å². The molecule has 0 aromatic carbocycles. The SMILES string of the molecule is CC1(c2nc(-c3cnc(N)nc3)nc3c2NC2N3CCOC2(C)C)CC1. The molecule has 136 valence electrons. The minimum absolute atomic E-state index is 0.0552. The zero-order valence-corrected chi connectivity index (χ0v) is 15.3. The lowest BCUT2D eigenvalue weighted by atomic mass is 10.0. The number of hydrogen-bond acceptors (Lipinski definition) is 8. The second-order valence-corrected chi connectivity index (χ2v) is 8.18. The van der Waals surface area contributed by atoms with E-state index in [9.17, 15) is 0 Å². The molecule has 8 heteroatoms. The summed E-state index contributed by atoms with van der Waals surface area (Å²) in [5, 5.41) is 3.65. The molecule has 4 heterocycles. The highest BCUT2D eigenvalue weighted by Gasteiger charge is 2.50. The zero-order valence-electron chi connectivity index (χ0n) is 15.3. The largest absolute Gasteiger partial charge is 0.370 e. The van der Waals surface area contributed by atoms with Gasteiger partial charge in [0.25, 0.3) is 0 Å². The van der Waals surface area contributed by atoms with Crippen LogP contribution in [-0.4, -0.2) is 44.9 Å². The summed E-state index contributed by atoms with van der Waals surface area (Å²) in [6, 6.07) is 0. The lowest BCUT2D eigenvalue weighted by molar-refractivity contribution is -0.0489. The average molecular weight is 353 g/mol. The fraction of sp³-hybridized carbons (Fsp3) is 0.556. The van der Waals surface area contributed by atoms with Crippen LogP contribution < -0.4 is 16.0 Å². The Hall–Kier alpha value is -2.48. The number of nitrogens with zero attached hydrogens (tertiary/aromatic N) is 5. The van der Waals surface area contributed by atoms with Gasteiger partial charge >= 0.3 is 0 Å². The summed E-state index contributed by atoms with van der Waals surface area (Å²) in [6.45, 7) is 7.98. The second-order valence-electron chi connectivity index (χ2n) is 8.18. The molecule has 1 saturated heterocycles. The first kappa shape index (κ1) is 15.7. The van der Waals surface area contributed by atoms with Gasteiger partial charge in [0.05, 0.1) is 17.9 Å². The van der Waals surface area contributed by atoms with Gasteiger partial charge in [0, 0.05) is 24.4 Å². The molecule has 3 aliphatic rings. The van der Waals surface area contributed by atoms with Crippen molar-refractivity contribution in [1.82, 2.24) is 19.9 Å². The number of nitrogens with one attached hydrogen (secondary N) is 1. The lowest BCUT2D eigenvalue weighted by Crippen LogP contribution is -2.58. The molecule has 5 rings (SSSR count). The molecular formula is C18H23N7O. The maximum Gasteiger partial charge on any atom is 0.219 e. The Balaban J connectivity index is 1.67. The molecule has 8 nitrogen and oxygen atoms in total. The molecule has 3 N–H and O–H groups in total. The van der Waals surface area contributed by atoms with Gasteiger partial charge < -0.3 is 20.7 Å². The Labute approximate surface area is 152 Å². The molecular weight excluding hydrogens is 330 g/mol. The van der Waals surface area contributed by atoms with Crippen LogP contribution in [0.25, 0.3) is 11.4 Å². The van der Waals surface area contributed by atoms with Crippen molar-refractivity contribution >= 4 is 17.5 Å². The molecule has 0 bridgehead atoms. The van der Waals surface area contributed by atoms with Gasteiger partial charge in [0.1, 0.15) is 17.5 Å². The molecule has 0 spiro atoms. The third-order valence-electron chi connectivity index (χ3n) is 5.72. The molecule has 2 aromatic rings. The van der Waals surface area contributed by atoms with Crippen LogP contribution in [-0.2, 0) is 10.2 Å². The van der Waals surface area contributed by atoms with Crippen molar-refractivity contribution in [1.29, 1.82) is 0 Å². The van der Waals surface area contributed by atoms with Crippen molar-refractivity contribution < 1.29 is 4.74 Å². The first-order valence-corrected chi connectivity index (χ1v) is 9.05. The highest BCUT2D eigenvalue weighted by Crippen LogP contribution is 2.53. The molecule has 0 amide bonds. The van der Waals surface area contributed by atoms with Crippen LogP contribution in [0.15, 0.2) is 12.4 Å². The second kappa shape index (κ2) is 5.03. The van der Waals surface area contributed by atoms with Crippen LogP contribution in [0.3, 0.4) is 0 Å². The summed E-state index contributed by atoms with van der Waals surface area (Å²) >= 11 is 0. The normalized spacial score (nSPS) is 24.6. The van der Waals surface area contributed by atoms with Crippen molar-refractivity contribution in [2.75, 3.05) is 29.1 Å². The Bertz CT molecular complexity index is 876. The summed E-state index contributed by atoms with van der Waals surface area (Å²) in [6.07, 6.45) is 5.71. The molecule has 2 fully saturated rings. The van der Waals surface area contributed by atoms with Gasteiger partial charge in [0.15, 0.2) is 11.6 Å². The van der Waals surface area contributed by atoms with E-state index >= 15 is 0 Å². The van der Waals surface area contributed by atoms with E-state index < -0.39 is 0 Å². The van der Waals surface area contributed by atoms with Gasteiger partial charge in [-0.15, -0.1) is 0 Å². The number of rotatable bonds is 2. The molecule has 2 aromatic heterocycles. The molecule has 1 saturated carbocycles. The first-order valence-electron chi connectivity index (χ1n) is 9.05. The maximum atomic E-state index is 5.99. The number of fused-ring (bicyclic) bond motifs is 3. The molecule has 1 aliphatic carbocycles. The lowest BCUT2D eigenvalue weighted by Gasteiger charge is -2.42. The quantitative estimate of drug-likeness (QED) is 0.844. The van der Waals surface area contributed by atoms with Crippen molar-refractivity contribution in [3.05, 3.63) is 18.1 Å². The van der Waals surface area contributed by atoms with E-state index in [2.05, 4.69) is 41.0 Å². The molecule has 2 aliphatic heterocycles. The van der Waals surface area contributed by atoms with Crippen molar-refractivity contribution in [3.63, 3.8) is 0 Å². The third kappa shape index (κ3) is 2.25. The Morgan fingerprint density at radius 3 is 2.62 bits per heavy atom. The van der Waals surface area contributed by atoms with Gasteiger partial charge in [0.2, 0.25) is 5.95 Å². The van der Waals surface area contributed by atoms with Crippen LogP contribution >= 0.6 is 0 Å². The van der Waals surface area contributed by atoms with Gasteiger partial charge in [-0.2, -0.15) is 0 Å². The highest BCUT2D eigenvalue weighted by molar-refractivity contribution is 5.79. The van der Waals surface area contributed by atoms with E-state index in [-0.39, 0.29) is 23.1 Å². The van der Waals surface area contributed by atoms with E-state index in [1.807, 2.05) is 0 Å². The third-order valence-corrected chi connectivity index (χ3v) is 5.72. The zero-order chi connectivity index (χ0) is 18.1. The van der Waals surface area contributed by atoms with E-state index in [4.69, 9.17) is 20.4 Å². The van der Waals surface area contributed by atoms with Crippen molar-refractivity contribution in [3.8, 4) is 11.4 Å². The Morgan fingerprint density at radius 1 is 1.19 bits per heavy atom. The van der Waals surface area contributed by atoms with Gasteiger partial charge in [-0.1, -0.05) is 6.92 Å². The van der Waals surface area contributed by atoms with Gasteiger partial charge in [-0.05, 0) is 26.7 Å². The average Bonchev–Trinajstić information content (AvgIpc) is 3.24. The standard InChI is InChI=1S/C18H23N7O/c1-17(2)15-22-11-12(18(3)4-5-18)23-13(10-8-20-16(19)21-9-10)24-14(11)25(15)6-7-26-17/h8-9,15,22H,4-7H2,1-3H3,(H2,19,20,21). The summed E-state index contributed by atoms with van der Waals surface area (Å²) in [7, 11) is 0. The minimum atomic E-state index is -0.300. The van der Waals surface area contributed by atoms with Gasteiger partial charge in [-0.25, -0.2) is 19.9 Å². The van der Waals surface area contributed by atoms with E-state index in [1.54, 1.807) is 12.4 Å². The monoisotopic (exact) mass is 353 g/mol. The molecule has 1 unspecified atom stereocenters. The number of ether oxygens (including phenoxy) is 1. The Morgan fingerprint density at radius 2 is 1.92 bits per heavy atom. The summed E-state index contributed by atoms with van der Waals surface area (Å²) in [5.41, 5.74) is 8.34. The van der Waals surface area contributed by atoms with Crippen LogP contribution in [0.4, 0.5) is 17.5 Å². The number of anilines is 3. The van der Waals surface area contributed by atoms with E-state index in [0.29, 0.717) is 12.4 Å². The van der Waals surface area contributed by atoms with E-state index in [0.717, 1.165) is 42.1 Å². The predicted octanol–water partition coefficient (Wildman–Crippen LogP) is 1.93. The number of nitrogens with two attached hydrogens (primary N) is 1. The van der Waals surface area contributed by atoms with Crippen molar-refractivity contribution in [2.24, 2.45) is 0 Å². The first-order chi connectivity index (χ1) is 12.4. The Kier molecular flexibility index (Phi) is 3.05. The highest BCUT2D eigenvalue weighted by atomic mass is 16.5. The maximum absolute atomic E-state index is 5.99.